The molecule has 0 N–H and O–H groups in total. The fourth-order valence-corrected chi connectivity index (χ4v) is 3.11. The third-order valence-corrected chi connectivity index (χ3v) is 5.03. The molecule has 3 unspecified atom stereocenters. The van der Waals surface area contributed by atoms with Gasteiger partial charge in [-0.3, -0.25) is 4.79 Å². The Bertz CT molecular complexity index is 470. The van der Waals surface area contributed by atoms with E-state index in [1.807, 2.05) is 0 Å². The summed E-state index contributed by atoms with van der Waals surface area (Å²) in [5, 5.41) is 0. The average Bonchev–Trinajstić information content (AvgIpc) is 3.17. The van der Waals surface area contributed by atoms with Gasteiger partial charge in [0.2, 0.25) is 0 Å². The van der Waals surface area contributed by atoms with Gasteiger partial charge in [-0.25, -0.2) is 0 Å². The van der Waals surface area contributed by atoms with Gasteiger partial charge in [-0.1, -0.05) is 35.0 Å². The summed E-state index contributed by atoms with van der Waals surface area (Å²) in [5.41, 5.74) is 2.63. The van der Waals surface area contributed by atoms with Gasteiger partial charge in [-0.15, -0.1) is 0 Å². The second-order valence-electron chi connectivity index (χ2n) is 5.47. The molecule has 0 radical (unpaired) electrons. The van der Waals surface area contributed by atoms with Crippen molar-refractivity contribution in [2.45, 2.75) is 39.0 Å². The van der Waals surface area contributed by atoms with Crippen LogP contribution in [0, 0.1) is 18.8 Å². The normalized spacial score (nSPS) is 22.9. The SMILES string of the molecule is CCC(CC1CC1C(=O)OC)c1ccc(C)c(Br)c1. The van der Waals surface area contributed by atoms with Gasteiger partial charge in [0.15, 0.2) is 0 Å². The molecule has 0 spiro atoms. The second-order valence-corrected chi connectivity index (χ2v) is 6.33. The lowest BCUT2D eigenvalue weighted by Crippen LogP contribution is -2.06. The van der Waals surface area contributed by atoms with E-state index in [4.69, 9.17) is 4.74 Å². The van der Waals surface area contributed by atoms with Crippen LogP contribution in [0.4, 0.5) is 0 Å². The van der Waals surface area contributed by atoms with Crippen molar-refractivity contribution in [3.63, 3.8) is 0 Å². The fourth-order valence-electron chi connectivity index (χ4n) is 2.72. The Morgan fingerprint density at radius 2 is 2.26 bits per heavy atom. The molecule has 1 aromatic rings. The highest BCUT2D eigenvalue weighted by atomic mass is 79.9. The van der Waals surface area contributed by atoms with E-state index in [1.165, 1.54) is 22.7 Å². The molecule has 19 heavy (non-hydrogen) atoms. The van der Waals surface area contributed by atoms with Crippen molar-refractivity contribution in [2.24, 2.45) is 11.8 Å². The van der Waals surface area contributed by atoms with Gasteiger partial charge in [0.05, 0.1) is 13.0 Å². The smallest absolute Gasteiger partial charge is 0.308 e. The Hall–Kier alpha value is -0.830. The minimum absolute atomic E-state index is 0.0371. The number of halogens is 1. The van der Waals surface area contributed by atoms with Crippen molar-refractivity contribution in [1.82, 2.24) is 0 Å². The van der Waals surface area contributed by atoms with Gasteiger partial charge >= 0.3 is 5.97 Å². The van der Waals surface area contributed by atoms with Crippen LogP contribution in [0.5, 0.6) is 0 Å². The van der Waals surface area contributed by atoms with Crippen LogP contribution in [0.25, 0.3) is 0 Å². The predicted octanol–water partition coefficient (Wildman–Crippen LogP) is 4.45. The summed E-state index contributed by atoms with van der Waals surface area (Å²) in [6.45, 7) is 4.32. The molecule has 104 valence electrons. The molecule has 1 aliphatic rings. The highest BCUT2D eigenvalue weighted by molar-refractivity contribution is 9.10. The van der Waals surface area contributed by atoms with Crippen LogP contribution in [0.3, 0.4) is 0 Å². The van der Waals surface area contributed by atoms with E-state index in [0.717, 1.165) is 19.3 Å². The molecule has 0 aromatic heterocycles. The first-order valence-electron chi connectivity index (χ1n) is 6.90. The van der Waals surface area contributed by atoms with E-state index >= 15 is 0 Å². The summed E-state index contributed by atoms with van der Waals surface area (Å²) in [6, 6.07) is 6.59. The average molecular weight is 325 g/mol. The number of ether oxygens (including phenoxy) is 1. The number of carbonyl (C=O) groups excluding carboxylic acids is 1. The van der Waals surface area contributed by atoms with Gasteiger partial charge < -0.3 is 4.74 Å². The minimum atomic E-state index is -0.0371. The molecule has 3 atom stereocenters. The van der Waals surface area contributed by atoms with Gasteiger partial charge in [-0.05, 0) is 55.2 Å². The molecule has 3 heteroatoms. The van der Waals surface area contributed by atoms with Crippen LogP contribution in [-0.4, -0.2) is 13.1 Å². The maximum Gasteiger partial charge on any atom is 0.308 e. The molecule has 2 rings (SSSR count). The number of hydrogen-bond acceptors (Lipinski definition) is 2. The molecule has 0 bridgehead atoms. The van der Waals surface area contributed by atoms with Crippen molar-refractivity contribution < 1.29 is 9.53 Å². The maximum absolute atomic E-state index is 11.5. The van der Waals surface area contributed by atoms with Crippen molar-refractivity contribution in [3.05, 3.63) is 33.8 Å². The lowest BCUT2D eigenvalue weighted by Gasteiger charge is -2.16. The third-order valence-electron chi connectivity index (χ3n) is 4.17. The number of carbonyl (C=O) groups is 1. The molecule has 1 saturated carbocycles. The van der Waals surface area contributed by atoms with E-state index in [2.05, 4.69) is 48.0 Å². The predicted molar refractivity (Wildman–Crippen MR) is 80.1 cm³/mol. The number of rotatable bonds is 5. The van der Waals surface area contributed by atoms with Crippen molar-refractivity contribution in [1.29, 1.82) is 0 Å². The molecule has 1 aromatic carbocycles. The number of aryl methyl sites for hydroxylation is 1. The topological polar surface area (TPSA) is 26.3 Å². The van der Waals surface area contributed by atoms with Gasteiger partial charge in [0, 0.05) is 4.47 Å². The molecule has 0 heterocycles. The molecular formula is C16H21BrO2. The Morgan fingerprint density at radius 3 is 2.84 bits per heavy atom. The Morgan fingerprint density at radius 1 is 1.53 bits per heavy atom. The Labute approximate surface area is 123 Å². The monoisotopic (exact) mass is 324 g/mol. The highest BCUT2D eigenvalue weighted by Gasteiger charge is 2.44. The zero-order valence-electron chi connectivity index (χ0n) is 11.8. The van der Waals surface area contributed by atoms with E-state index in [9.17, 15) is 4.79 Å². The molecule has 1 aliphatic carbocycles. The Balaban J connectivity index is 2.01. The molecule has 0 amide bonds. The molecule has 0 aliphatic heterocycles. The van der Waals surface area contributed by atoms with Crippen LogP contribution >= 0.6 is 15.9 Å². The van der Waals surface area contributed by atoms with Gasteiger partial charge in [-0.2, -0.15) is 0 Å². The summed E-state index contributed by atoms with van der Waals surface area (Å²) in [5.74, 6) is 1.16. The lowest BCUT2D eigenvalue weighted by atomic mass is 9.90. The molecule has 2 nitrogen and oxygen atoms in total. The first-order valence-corrected chi connectivity index (χ1v) is 7.70. The quantitative estimate of drug-likeness (QED) is 0.748. The number of hydrogen-bond donors (Lipinski definition) is 0. The maximum atomic E-state index is 11.5. The van der Waals surface area contributed by atoms with E-state index in [-0.39, 0.29) is 11.9 Å². The van der Waals surface area contributed by atoms with E-state index in [0.29, 0.717) is 11.8 Å². The zero-order valence-corrected chi connectivity index (χ0v) is 13.4. The summed E-state index contributed by atoms with van der Waals surface area (Å²) >= 11 is 3.60. The summed E-state index contributed by atoms with van der Waals surface area (Å²) in [7, 11) is 1.48. The second kappa shape index (κ2) is 6.08. The van der Waals surface area contributed by atoms with Crippen molar-refractivity contribution in [2.75, 3.05) is 7.11 Å². The summed E-state index contributed by atoms with van der Waals surface area (Å²) in [4.78, 5) is 11.5. The van der Waals surface area contributed by atoms with E-state index in [1.54, 1.807) is 0 Å². The summed E-state index contributed by atoms with van der Waals surface area (Å²) in [6.07, 6.45) is 3.20. The fraction of sp³-hybridized carbons (Fsp3) is 0.562. The first kappa shape index (κ1) is 14.6. The number of benzene rings is 1. The number of methoxy groups -OCH3 is 1. The van der Waals surface area contributed by atoms with Gasteiger partial charge in [0.1, 0.15) is 0 Å². The third kappa shape index (κ3) is 3.38. The minimum Gasteiger partial charge on any atom is -0.469 e. The highest BCUT2D eigenvalue weighted by Crippen LogP contribution is 2.46. The van der Waals surface area contributed by atoms with Crippen molar-refractivity contribution >= 4 is 21.9 Å². The first-order chi connectivity index (χ1) is 9.06. The van der Waals surface area contributed by atoms with Crippen LogP contribution < -0.4 is 0 Å². The lowest BCUT2D eigenvalue weighted by molar-refractivity contribution is -0.142. The molecular weight excluding hydrogens is 304 g/mol. The molecule has 1 fully saturated rings. The largest absolute Gasteiger partial charge is 0.469 e. The Kier molecular flexibility index (Phi) is 4.67. The van der Waals surface area contributed by atoms with Crippen LogP contribution in [0.2, 0.25) is 0 Å². The standard InChI is InChI=1S/C16H21BrO2/c1-4-11(7-13-8-14(13)16(18)19-3)12-6-5-10(2)15(17)9-12/h5-6,9,11,13-14H,4,7-8H2,1-3H3. The molecule has 0 saturated heterocycles. The summed E-state index contributed by atoms with van der Waals surface area (Å²) < 4.78 is 5.98. The van der Waals surface area contributed by atoms with Gasteiger partial charge in [0.25, 0.3) is 0 Å². The van der Waals surface area contributed by atoms with Crippen LogP contribution in [0.1, 0.15) is 43.2 Å². The van der Waals surface area contributed by atoms with Crippen LogP contribution in [-0.2, 0) is 9.53 Å². The van der Waals surface area contributed by atoms with Crippen LogP contribution in [0.15, 0.2) is 22.7 Å². The van der Waals surface area contributed by atoms with Crippen molar-refractivity contribution in [3.8, 4) is 0 Å². The zero-order chi connectivity index (χ0) is 14.0. The number of esters is 1. The van der Waals surface area contributed by atoms with E-state index < -0.39 is 0 Å².